The second kappa shape index (κ2) is 11.9. The molecule has 0 radical (unpaired) electrons. The summed E-state index contributed by atoms with van der Waals surface area (Å²) in [7, 11) is 0. The molecule has 7 rings (SSSR count). The summed E-state index contributed by atoms with van der Waals surface area (Å²) in [6.07, 6.45) is 6.64. The van der Waals surface area contributed by atoms with Gasteiger partial charge in [0.15, 0.2) is 17.4 Å². The van der Waals surface area contributed by atoms with Crippen LogP contribution in [0.3, 0.4) is 0 Å². The predicted octanol–water partition coefficient (Wildman–Crippen LogP) is 4.95. The Kier molecular flexibility index (Phi) is 7.67. The molecule has 2 aromatic carbocycles. The molecule has 2 saturated heterocycles. The van der Waals surface area contributed by atoms with Gasteiger partial charge in [-0.2, -0.15) is 4.98 Å². The lowest BCUT2D eigenvalue weighted by Crippen LogP contribution is -2.39. The van der Waals surface area contributed by atoms with Crippen LogP contribution in [0.5, 0.6) is 11.6 Å². The summed E-state index contributed by atoms with van der Waals surface area (Å²) >= 11 is 0. The number of nitrogens with zero attached hydrogens (tertiary/aromatic N) is 5. The number of carboxylic acids is 1. The van der Waals surface area contributed by atoms with Gasteiger partial charge in [-0.25, -0.2) is 19.2 Å². The molecule has 2 aromatic heterocycles. The molecule has 4 heterocycles. The number of rotatable bonds is 11. The zero-order valence-electron chi connectivity index (χ0n) is 23.8. The Morgan fingerprint density at radius 2 is 1.88 bits per heavy atom. The Morgan fingerprint density at radius 1 is 1.05 bits per heavy atom. The van der Waals surface area contributed by atoms with Crippen LogP contribution in [0.15, 0.2) is 48.7 Å². The molecule has 0 bridgehead atoms. The lowest BCUT2D eigenvalue weighted by molar-refractivity contribution is -0.0592. The standard InChI is InChI=1S/C32H34FN5O5/c33-25-15-21(20-1-2-20)4-6-28(25)42-19-29-34-11-7-31(36-29)43-23-8-12-37(13-9-23)18-30-35-26-5-3-22(32(39)40)16-27(26)38(30)17-24-10-14-41-24/h3-7,11,15-16,20,23-24H,1-2,8-10,12-14,17-19H2,(H,39,40)/t24-/m0/s1. The first-order valence-corrected chi connectivity index (χ1v) is 15.0. The number of carbonyl (C=O) groups is 1. The Labute approximate surface area is 248 Å². The molecule has 4 aromatic rings. The van der Waals surface area contributed by atoms with E-state index < -0.39 is 5.97 Å². The van der Waals surface area contributed by atoms with E-state index in [2.05, 4.69) is 19.4 Å². The largest absolute Gasteiger partial charge is 0.483 e. The molecule has 3 fully saturated rings. The molecule has 224 valence electrons. The van der Waals surface area contributed by atoms with E-state index in [9.17, 15) is 14.3 Å². The second-order valence-electron chi connectivity index (χ2n) is 11.6. The second-order valence-corrected chi connectivity index (χ2v) is 11.6. The van der Waals surface area contributed by atoms with Crippen molar-refractivity contribution in [1.82, 2.24) is 24.4 Å². The highest BCUT2D eigenvalue weighted by Gasteiger charge is 2.27. The predicted molar refractivity (Wildman–Crippen MR) is 155 cm³/mol. The van der Waals surface area contributed by atoms with Crippen LogP contribution in [0.1, 0.15) is 65.6 Å². The number of benzene rings is 2. The van der Waals surface area contributed by atoms with Gasteiger partial charge in [0.25, 0.3) is 0 Å². The lowest BCUT2D eigenvalue weighted by Gasteiger charge is -2.32. The smallest absolute Gasteiger partial charge is 0.335 e. The summed E-state index contributed by atoms with van der Waals surface area (Å²) < 4.78 is 34.1. The molecule has 0 amide bonds. The van der Waals surface area contributed by atoms with Crippen molar-refractivity contribution in [2.24, 2.45) is 0 Å². The number of piperidine rings is 1. The van der Waals surface area contributed by atoms with Crippen molar-refractivity contribution < 1.29 is 28.5 Å². The monoisotopic (exact) mass is 587 g/mol. The topological polar surface area (TPSA) is 112 Å². The van der Waals surface area contributed by atoms with Gasteiger partial charge < -0.3 is 23.9 Å². The minimum Gasteiger partial charge on any atom is -0.483 e. The number of hydrogen-bond donors (Lipinski definition) is 1. The van der Waals surface area contributed by atoms with E-state index in [1.165, 1.54) is 0 Å². The summed E-state index contributed by atoms with van der Waals surface area (Å²) in [6.45, 7) is 3.78. The maximum absolute atomic E-state index is 14.5. The van der Waals surface area contributed by atoms with Gasteiger partial charge in [-0.15, -0.1) is 0 Å². The van der Waals surface area contributed by atoms with Gasteiger partial charge in [0.1, 0.15) is 18.5 Å². The van der Waals surface area contributed by atoms with Crippen molar-refractivity contribution in [2.75, 3.05) is 19.7 Å². The Balaban J connectivity index is 0.951. The number of aromatic carboxylic acids is 1. The minimum atomic E-state index is -0.950. The zero-order chi connectivity index (χ0) is 29.3. The molecular weight excluding hydrogens is 553 g/mol. The SMILES string of the molecule is O=C(O)c1ccc2nc(CN3CCC(Oc4ccnc(COc5ccc(C6CC6)cc5F)n4)CC3)n(C[C@@H]3CCO3)c2c1. The number of hydrogen-bond acceptors (Lipinski definition) is 8. The highest BCUT2D eigenvalue weighted by Crippen LogP contribution is 2.41. The Hall–Kier alpha value is -4.09. The quantitative estimate of drug-likeness (QED) is 0.260. The van der Waals surface area contributed by atoms with Crippen LogP contribution < -0.4 is 9.47 Å². The third-order valence-electron chi connectivity index (χ3n) is 8.48. The van der Waals surface area contributed by atoms with E-state index >= 15 is 0 Å². The van der Waals surface area contributed by atoms with Gasteiger partial charge in [-0.05, 0) is 73.9 Å². The highest BCUT2D eigenvalue weighted by molar-refractivity contribution is 5.92. The summed E-state index contributed by atoms with van der Waals surface area (Å²) in [5.41, 5.74) is 2.89. The van der Waals surface area contributed by atoms with Crippen LogP contribution >= 0.6 is 0 Å². The fraction of sp³-hybridized carbons (Fsp3) is 0.438. The van der Waals surface area contributed by atoms with Crippen molar-refractivity contribution in [3.63, 3.8) is 0 Å². The van der Waals surface area contributed by atoms with Crippen molar-refractivity contribution in [3.8, 4) is 11.6 Å². The third-order valence-corrected chi connectivity index (χ3v) is 8.48. The first-order chi connectivity index (χ1) is 21.0. The molecule has 11 heteroatoms. The number of fused-ring (bicyclic) bond motifs is 1. The number of aromatic nitrogens is 4. The number of ether oxygens (including phenoxy) is 3. The molecule has 0 unspecified atom stereocenters. The van der Waals surface area contributed by atoms with Crippen LogP contribution in [0.25, 0.3) is 11.0 Å². The summed E-state index contributed by atoms with van der Waals surface area (Å²) in [4.78, 5) is 27.5. The zero-order valence-corrected chi connectivity index (χ0v) is 23.8. The normalized spacial score (nSPS) is 19.3. The minimum absolute atomic E-state index is 0.00708. The van der Waals surface area contributed by atoms with E-state index in [0.717, 1.165) is 74.2 Å². The van der Waals surface area contributed by atoms with Gasteiger partial charge in [-0.1, -0.05) is 6.07 Å². The summed E-state index contributed by atoms with van der Waals surface area (Å²) in [5.74, 6) is 1.19. The number of carboxylic acid groups (broad SMARTS) is 1. The molecule has 2 aliphatic heterocycles. The fourth-order valence-electron chi connectivity index (χ4n) is 5.78. The molecule has 1 atom stereocenters. The van der Waals surface area contributed by atoms with Crippen LogP contribution in [-0.2, 0) is 24.4 Å². The van der Waals surface area contributed by atoms with E-state index in [4.69, 9.17) is 19.2 Å². The lowest BCUT2D eigenvalue weighted by atomic mass is 10.1. The van der Waals surface area contributed by atoms with Crippen LogP contribution in [0, 0.1) is 5.82 Å². The molecule has 0 spiro atoms. The maximum Gasteiger partial charge on any atom is 0.335 e. The molecule has 1 N–H and O–H groups in total. The van der Waals surface area contributed by atoms with Crippen molar-refractivity contribution in [1.29, 1.82) is 0 Å². The molecule has 1 aliphatic carbocycles. The maximum atomic E-state index is 14.5. The fourth-order valence-corrected chi connectivity index (χ4v) is 5.78. The van der Waals surface area contributed by atoms with E-state index in [-0.39, 0.29) is 35.9 Å². The third kappa shape index (κ3) is 6.33. The molecular formula is C32H34FN5O5. The van der Waals surface area contributed by atoms with Crippen molar-refractivity contribution >= 4 is 17.0 Å². The van der Waals surface area contributed by atoms with Crippen LogP contribution in [0.2, 0.25) is 0 Å². The molecule has 1 saturated carbocycles. The van der Waals surface area contributed by atoms with Crippen molar-refractivity contribution in [3.05, 3.63) is 77.3 Å². The Bertz CT molecular complexity index is 1630. The van der Waals surface area contributed by atoms with Gasteiger partial charge in [0.2, 0.25) is 5.88 Å². The Morgan fingerprint density at radius 3 is 2.60 bits per heavy atom. The first kappa shape index (κ1) is 27.7. The average Bonchev–Trinajstić information content (AvgIpc) is 3.78. The number of likely N-dealkylation sites (tertiary alicyclic amines) is 1. The number of halogens is 1. The van der Waals surface area contributed by atoms with Gasteiger partial charge in [-0.3, -0.25) is 4.90 Å². The number of imidazole rings is 1. The summed E-state index contributed by atoms with van der Waals surface area (Å²) in [5, 5.41) is 9.49. The van der Waals surface area contributed by atoms with E-state index in [0.29, 0.717) is 30.7 Å². The average molecular weight is 588 g/mol. The molecule has 10 nitrogen and oxygen atoms in total. The van der Waals surface area contributed by atoms with E-state index in [1.54, 1.807) is 42.6 Å². The van der Waals surface area contributed by atoms with Crippen LogP contribution in [0.4, 0.5) is 4.39 Å². The highest BCUT2D eigenvalue weighted by atomic mass is 19.1. The van der Waals surface area contributed by atoms with Crippen LogP contribution in [-0.4, -0.2) is 67.4 Å². The van der Waals surface area contributed by atoms with Gasteiger partial charge in [0, 0.05) is 32.0 Å². The molecule has 3 aliphatic rings. The van der Waals surface area contributed by atoms with Gasteiger partial charge in [0.05, 0.1) is 35.8 Å². The van der Waals surface area contributed by atoms with E-state index in [1.807, 2.05) is 6.07 Å². The van der Waals surface area contributed by atoms with Crippen molar-refractivity contribution in [2.45, 2.75) is 69.9 Å². The first-order valence-electron chi connectivity index (χ1n) is 15.0. The molecule has 43 heavy (non-hydrogen) atoms. The summed E-state index contributed by atoms with van der Waals surface area (Å²) in [6, 6.07) is 12.0. The van der Waals surface area contributed by atoms with Gasteiger partial charge >= 0.3 is 5.97 Å².